The van der Waals surface area contributed by atoms with Crippen LogP contribution in [0.2, 0.25) is 0 Å². The highest BCUT2D eigenvalue weighted by Gasteiger charge is 2.44. The number of nitrogens with zero attached hydrogens (tertiary/aromatic N) is 1. The molecule has 0 aliphatic carbocycles. The molecule has 2 heterocycles. The van der Waals surface area contributed by atoms with E-state index in [1.165, 1.54) is 12.8 Å². The van der Waals surface area contributed by atoms with Crippen molar-refractivity contribution in [2.45, 2.75) is 63.8 Å². The number of likely N-dealkylation sites (tertiary alicyclic amines) is 1. The first-order chi connectivity index (χ1) is 13.9. The number of nitrogens with one attached hydrogen (secondary N) is 1. The number of unbranched alkanes of at least 4 members (excludes halogenated alkanes) is 4. The van der Waals surface area contributed by atoms with Gasteiger partial charge in [0.1, 0.15) is 13.2 Å². The summed E-state index contributed by atoms with van der Waals surface area (Å²) < 4.78 is 37.6. The maximum absolute atomic E-state index is 13.2. The molecular weight excluding hydrogens is 378 g/mol. The molecule has 0 bridgehead atoms. The Labute approximate surface area is 171 Å². The lowest BCUT2D eigenvalue weighted by molar-refractivity contribution is -0.134. The molecule has 29 heavy (non-hydrogen) atoms. The molecule has 1 amide bonds. The molecule has 1 N–H and O–H groups in total. The zero-order valence-corrected chi connectivity index (χ0v) is 17.2. The molecule has 1 aromatic carbocycles. The first kappa shape index (κ1) is 21.8. The summed E-state index contributed by atoms with van der Waals surface area (Å²) in [6, 6.07) is 5.52. The molecule has 1 atom stereocenters. The van der Waals surface area contributed by atoms with Gasteiger partial charge in [-0.3, -0.25) is 9.69 Å². The molecule has 3 rings (SSSR count). The Morgan fingerprint density at radius 1 is 1.14 bits per heavy atom. The predicted octanol–water partition coefficient (Wildman–Crippen LogP) is 3.80. The van der Waals surface area contributed by atoms with Crippen LogP contribution in [-0.2, 0) is 11.2 Å². The predicted molar refractivity (Wildman–Crippen MR) is 108 cm³/mol. The number of alkyl halides is 2. The average molecular weight is 411 g/mol. The fraction of sp³-hybridized carbons (Fsp3) is 0.682. The average Bonchev–Trinajstić information content (AvgIpc) is 2.66. The van der Waals surface area contributed by atoms with Crippen LogP contribution in [0.5, 0.6) is 11.5 Å². The van der Waals surface area contributed by atoms with Gasteiger partial charge in [-0.2, -0.15) is 0 Å². The zero-order valence-electron chi connectivity index (χ0n) is 17.2. The van der Waals surface area contributed by atoms with Gasteiger partial charge in [0.25, 0.3) is 5.92 Å². The molecule has 162 valence electrons. The fourth-order valence-corrected chi connectivity index (χ4v) is 3.90. The van der Waals surface area contributed by atoms with Crippen molar-refractivity contribution < 1.29 is 23.0 Å². The maximum atomic E-state index is 13.2. The van der Waals surface area contributed by atoms with Crippen molar-refractivity contribution in [1.29, 1.82) is 0 Å². The van der Waals surface area contributed by atoms with Crippen LogP contribution in [-0.4, -0.2) is 55.6 Å². The Hall–Kier alpha value is -1.89. The third-order valence-corrected chi connectivity index (χ3v) is 5.35. The van der Waals surface area contributed by atoms with Crippen molar-refractivity contribution in [3.05, 3.63) is 23.8 Å². The SMILES string of the molecule is CCCCCCCC(=O)N[C@@H](Cc1ccc2c(c1)OCCO2)CN1CC(F)(F)C1. The van der Waals surface area contributed by atoms with E-state index in [4.69, 9.17) is 9.47 Å². The monoisotopic (exact) mass is 410 g/mol. The van der Waals surface area contributed by atoms with Crippen molar-refractivity contribution in [3.63, 3.8) is 0 Å². The molecule has 0 radical (unpaired) electrons. The number of rotatable bonds is 11. The van der Waals surface area contributed by atoms with Gasteiger partial charge in [-0.15, -0.1) is 0 Å². The number of fused-ring (bicyclic) bond motifs is 1. The molecule has 0 unspecified atom stereocenters. The van der Waals surface area contributed by atoms with Crippen LogP contribution in [0.3, 0.4) is 0 Å². The van der Waals surface area contributed by atoms with Gasteiger partial charge >= 0.3 is 0 Å². The van der Waals surface area contributed by atoms with Gasteiger partial charge < -0.3 is 14.8 Å². The minimum atomic E-state index is -2.61. The highest BCUT2D eigenvalue weighted by atomic mass is 19.3. The van der Waals surface area contributed by atoms with E-state index >= 15 is 0 Å². The minimum absolute atomic E-state index is 0.00340. The molecule has 2 aliphatic rings. The number of halogens is 2. The number of amides is 1. The van der Waals surface area contributed by atoms with E-state index in [1.54, 1.807) is 4.90 Å². The van der Waals surface area contributed by atoms with Gasteiger partial charge in [-0.1, -0.05) is 38.7 Å². The van der Waals surface area contributed by atoms with Gasteiger partial charge in [0.15, 0.2) is 11.5 Å². The van der Waals surface area contributed by atoms with Crippen LogP contribution in [0.4, 0.5) is 8.78 Å². The lowest BCUT2D eigenvalue weighted by atomic mass is 10.0. The molecule has 0 spiro atoms. The van der Waals surface area contributed by atoms with Crippen molar-refractivity contribution in [2.75, 3.05) is 32.8 Å². The zero-order chi connectivity index (χ0) is 20.7. The summed E-state index contributed by atoms with van der Waals surface area (Å²) in [5.74, 6) is -1.19. The summed E-state index contributed by atoms with van der Waals surface area (Å²) in [7, 11) is 0. The van der Waals surface area contributed by atoms with Gasteiger partial charge in [0.05, 0.1) is 13.1 Å². The fourth-order valence-electron chi connectivity index (χ4n) is 3.90. The normalized spacial score (nSPS) is 18.7. The summed E-state index contributed by atoms with van der Waals surface area (Å²) in [6.07, 6.45) is 6.48. The number of carbonyl (C=O) groups excluding carboxylic acids is 1. The van der Waals surface area contributed by atoms with E-state index in [0.717, 1.165) is 30.6 Å². The maximum Gasteiger partial charge on any atom is 0.272 e. The van der Waals surface area contributed by atoms with E-state index in [-0.39, 0.29) is 25.0 Å². The molecule has 5 nitrogen and oxygen atoms in total. The second kappa shape index (κ2) is 10.2. The lowest BCUT2D eigenvalue weighted by Gasteiger charge is -2.40. The molecule has 0 saturated carbocycles. The summed E-state index contributed by atoms with van der Waals surface area (Å²) in [4.78, 5) is 14.1. The number of benzene rings is 1. The Balaban J connectivity index is 1.55. The standard InChI is InChI=1S/C22H32F2N2O3/c1-2-3-4-5-6-7-21(27)25-18(14-26-15-22(23,24)16-26)12-17-8-9-19-20(13-17)29-11-10-28-19/h8-9,13,18H,2-7,10-12,14-16H2,1H3,(H,25,27)/t18-/m0/s1. The Morgan fingerprint density at radius 2 is 1.86 bits per heavy atom. The Bertz CT molecular complexity index is 676. The van der Waals surface area contributed by atoms with E-state index in [1.807, 2.05) is 18.2 Å². The van der Waals surface area contributed by atoms with E-state index in [9.17, 15) is 13.6 Å². The smallest absolute Gasteiger partial charge is 0.272 e. The summed E-state index contributed by atoms with van der Waals surface area (Å²) >= 11 is 0. The third-order valence-electron chi connectivity index (χ3n) is 5.35. The second-order valence-corrected chi connectivity index (χ2v) is 8.14. The Morgan fingerprint density at radius 3 is 2.59 bits per heavy atom. The van der Waals surface area contributed by atoms with E-state index in [0.29, 0.717) is 38.3 Å². The van der Waals surface area contributed by atoms with E-state index in [2.05, 4.69) is 12.2 Å². The Kier molecular flexibility index (Phi) is 7.70. The van der Waals surface area contributed by atoms with Gasteiger partial charge in [-0.05, 0) is 30.5 Å². The quantitative estimate of drug-likeness (QED) is 0.564. The van der Waals surface area contributed by atoms with Crippen LogP contribution in [0.1, 0.15) is 51.0 Å². The van der Waals surface area contributed by atoms with Crippen molar-refractivity contribution in [2.24, 2.45) is 0 Å². The highest BCUT2D eigenvalue weighted by Crippen LogP contribution is 2.31. The number of ether oxygens (including phenoxy) is 2. The molecule has 7 heteroatoms. The van der Waals surface area contributed by atoms with Crippen LogP contribution < -0.4 is 14.8 Å². The second-order valence-electron chi connectivity index (χ2n) is 8.14. The van der Waals surface area contributed by atoms with Gasteiger partial charge in [0.2, 0.25) is 5.91 Å². The molecular formula is C22H32F2N2O3. The third kappa shape index (κ3) is 6.84. The van der Waals surface area contributed by atoms with Crippen molar-refractivity contribution in [3.8, 4) is 11.5 Å². The van der Waals surface area contributed by atoms with E-state index < -0.39 is 5.92 Å². The molecule has 1 saturated heterocycles. The van der Waals surface area contributed by atoms with Crippen molar-refractivity contribution >= 4 is 5.91 Å². The number of carbonyl (C=O) groups is 1. The lowest BCUT2D eigenvalue weighted by Crippen LogP contribution is -2.60. The largest absolute Gasteiger partial charge is 0.486 e. The summed E-state index contributed by atoms with van der Waals surface area (Å²) in [5.41, 5.74) is 0.995. The summed E-state index contributed by atoms with van der Waals surface area (Å²) in [6.45, 7) is 3.15. The van der Waals surface area contributed by atoms with Gasteiger partial charge in [-0.25, -0.2) is 8.78 Å². The number of hydrogen-bond acceptors (Lipinski definition) is 4. The molecule has 1 aromatic rings. The first-order valence-electron chi connectivity index (χ1n) is 10.7. The topological polar surface area (TPSA) is 50.8 Å². The van der Waals surface area contributed by atoms with Crippen LogP contribution in [0, 0.1) is 0 Å². The van der Waals surface area contributed by atoms with Gasteiger partial charge in [0, 0.05) is 19.0 Å². The molecule has 1 fully saturated rings. The molecule has 0 aromatic heterocycles. The summed E-state index contributed by atoms with van der Waals surface area (Å²) in [5, 5.41) is 3.07. The number of hydrogen-bond donors (Lipinski definition) is 1. The minimum Gasteiger partial charge on any atom is -0.486 e. The van der Waals surface area contributed by atoms with Crippen molar-refractivity contribution in [1.82, 2.24) is 10.2 Å². The molecule has 2 aliphatic heterocycles. The van der Waals surface area contributed by atoms with Crippen LogP contribution in [0.25, 0.3) is 0 Å². The van der Waals surface area contributed by atoms with Crippen LogP contribution >= 0.6 is 0 Å². The van der Waals surface area contributed by atoms with Crippen LogP contribution in [0.15, 0.2) is 18.2 Å². The first-order valence-corrected chi connectivity index (χ1v) is 10.7. The highest BCUT2D eigenvalue weighted by molar-refractivity contribution is 5.76.